The smallest absolute Gasteiger partial charge is 0.132 e. The summed E-state index contributed by atoms with van der Waals surface area (Å²) < 4.78 is 5.90. The van der Waals surface area contributed by atoms with Crippen molar-refractivity contribution in [3.8, 4) is 17.0 Å². The molecule has 0 amide bonds. The van der Waals surface area contributed by atoms with Gasteiger partial charge in [-0.25, -0.2) is 9.97 Å². The highest BCUT2D eigenvalue weighted by Crippen LogP contribution is 2.39. The summed E-state index contributed by atoms with van der Waals surface area (Å²) in [7, 11) is 1.99. The number of benzene rings is 1. The van der Waals surface area contributed by atoms with Crippen molar-refractivity contribution in [3.63, 3.8) is 0 Å². The Labute approximate surface area is 112 Å². The molecule has 0 aliphatic carbocycles. The highest BCUT2D eigenvalue weighted by molar-refractivity contribution is 5.69. The van der Waals surface area contributed by atoms with Crippen molar-refractivity contribution in [1.29, 1.82) is 0 Å². The van der Waals surface area contributed by atoms with E-state index < -0.39 is 0 Å². The van der Waals surface area contributed by atoms with E-state index in [1.165, 1.54) is 5.56 Å². The second-order valence-electron chi connectivity index (χ2n) is 4.71. The molecule has 0 bridgehead atoms. The number of nitrogens with zero attached hydrogens (tertiary/aromatic N) is 2. The maximum Gasteiger partial charge on any atom is 0.132 e. The Morgan fingerprint density at radius 1 is 1.37 bits per heavy atom. The van der Waals surface area contributed by atoms with Gasteiger partial charge in [-0.2, -0.15) is 0 Å². The third kappa shape index (κ3) is 2.31. The molecule has 0 saturated heterocycles. The van der Waals surface area contributed by atoms with Crippen LogP contribution < -0.4 is 10.1 Å². The van der Waals surface area contributed by atoms with Gasteiger partial charge in [0, 0.05) is 24.2 Å². The quantitative estimate of drug-likeness (QED) is 0.913. The fourth-order valence-electron chi connectivity index (χ4n) is 2.61. The van der Waals surface area contributed by atoms with Gasteiger partial charge >= 0.3 is 0 Å². The van der Waals surface area contributed by atoms with Crippen molar-refractivity contribution in [1.82, 2.24) is 15.3 Å². The first-order valence-electron chi connectivity index (χ1n) is 6.57. The molecule has 0 spiro atoms. The van der Waals surface area contributed by atoms with Crippen LogP contribution in [0.4, 0.5) is 0 Å². The first-order chi connectivity index (χ1) is 9.40. The van der Waals surface area contributed by atoms with E-state index in [-0.39, 0.29) is 0 Å². The summed E-state index contributed by atoms with van der Waals surface area (Å²) in [5.41, 5.74) is 3.24. The third-order valence-corrected chi connectivity index (χ3v) is 3.51. The van der Waals surface area contributed by atoms with Crippen molar-refractivity contribution in [3.05, 3.63) is 42.4 Å². The molecule has 1 aliphatic rings. The summed E-state index contributed by atoms with van der Waals surface area (Å²) in [5, 5.41) is 3.26. The highest BCUT2D eigenvalue weighted by Gasteiger charge is 2.23. The zero-order valence-corrected chi connectivity index (χ0v) is 11.0. The van der Waals surface area contributed by atoms with E-state index in [9.17, 15) is 0 Å². The molecule has 0 radical (unpaired) electrons. The molecular formula is C15H17N3O. The minimum atomic E-state index is 0.510. The molecule has 0 fully saturated rings. The lowest BCUT2D eigenvalue weighted by Gasteiger charge is -2.27. The average Bonchev–Trinajstić information content (AvgIpc) is 2.48. The third-order valence-electron chi connectivity index (χ3n) is 3.51. The second kappa shape index (κ2) is 5.36. The Hall–Kier alpha value is -1.94. The topological polar surface area (TPSA) is 47.0 Å². The lowest BCUT2D eigenvalue weighted by molar-refractivity contribution is 0.267. The van der Waals surface area contributed by atoms with E-state index in [1.807, 2.05) is 13.1 Å². The lowest BCUT2D eigenvalue weighted by Crippen LogP contribution is -2.23. The van der Waals surface area contributed by atoms with Crippen LogP contribution in [0.5, 0.6) is 5.75 Å². The molecule has 0 saturated carbocycles. The summed E-state index contributed by atoms with van der Waals surface area (Å²) in [6.45, 7) is 1.74. The Morgan fingerprint density at radius 3 is 3.11 bits per heavy atom. The molecule has 1 N–H and O–H groups in total. The molecule has 1 aromatic carbocycles. The average molecular weight is 255 g/mol. The van der Waals surface area contributed by atoms with Crippen molar-refractivity contribution < 1.29 is 4.74 Å². The lowest BCUT2D eigenvalue weighted by atomic mass is 9.90. The maximum absolute atomic E-state index is 5.90. The first kappa shape index (κ1) is 12.1. The predicted octanol–water partition coefficient (Wildman–Crippen LogP) is 2.23. The van der Waals surface area contributed by atoms with Crippen LogP contribution in [0, 0.1) is 0 Å². The van der Waals surface area contributed by atoms with Gasteiger partial charge in [-0.05, 0) is 31.2 Å². The number of nitrogens with one attached hydrogen (secondary N) is 1. The fraction of sp³-hybridized carbons (Fsp3) is 0.333. The molecular weight excluding hydrogens is 238 g/mol. The first-order valence-corrected chi connectivity index (χ1v) is 6.57. The fourth-order valence-corrected chi connectivity index (χ4v) is 2.61. The van der Waals surface area contributed by atoms with Gasteiger partial charge in [0.1, 0.15) is 12.1 Å². The van der Waals surface area contributed by atoms with Crippen molar-refractivity contribution in [2.45, 2.75) is 12.3 Å². The molecule has 0 unspecified atom stereocenters. The van der Waals surface area contributed by atoms with Crippen molar-refractivity contribution >= 4 is 0 Å². The molecule has 1 aromatic heterocycles. The summed E-state index contributed by atoms with van der Waals surface area (Å²) in [5.74, 6) is 1.49. The highest BCUT2D eigenvalue weighted by atomic mass is 16.5. The van der Waals surface area contributed by atoms with Gasteiger partial charge in [-0.3, -0.25) is 0 Å². The van der Waals surface area contributed by atoms with Crippen LogP contribution in [-0.4, -0.2) is 30.2 Å². The normalized spacial score (nSPS) is 17.6. The van der Waals surface area contributed by atoms with Crippen LogP contribution in [0.1, 0.15) is 17.9 Å². The van der Waals surface area contributed by atoms with Gasteiger partial charge in [-0.15, -0.1) is 0 Å². The van der Waals surface area contributed by atoms with Gasteiger partial charge in [0.05, 0.1) is 12.3 Å². The molecule has 1 atom stereocenters. The zero-order valence-electron chi connectivity index (χ0n) is 11.0. The number of hydrogen-bond acceptors (Lipinski definition) is 4. The summed E-state index contributed by atoms with van der Waals surface area (Å²) in [6, 6.07) is 8.21. The summed E-state index contributed by atoms with van der Waals surface area (Å²) in [4.78, 5) is 8.29. The minimum absolute atomic E-state index is 0.510. The standard InChI is InChI=1S/C15H17N3O/c1-16-9-11-6-8-19-15-12(11)3-2-4-13(15)14-5-7-17-10-18-14/h2-5,7,10-11,16H,6,8-9H2,1H3/t11-/m0/s1. The SMILES string of the molecule is CNC[C@@H]1CCOc2c(-c3ccncn3)cccc21. The van der Waals surface area contributed by atoms with Gasteiger partial charge in [0.25, 0.3) is 0 Å². The molecule has 2 aromatic rings. The van der Waals surface area contributed by atoms with Gasteiger partial charge in [-0.1, -0.05) is 12.1 Å². The van der Waals surface area contributed by atoms with E-state index in [0.717, 1.165) is 36.6 Å². The number of ether oxygens (including phenoxy) is 1. The van der Waals surface area contributed by atoms with Crippen molar-refractivity contribution in [2.24, 2.45) is 0 Å². The minimum Gasteiger partial charge on any atom is -0.493 e. The number of likely N-dealkylation sites (N-methyl/N-ethyl adjacent to an activating group) is 1. The van der Waals surface area contributed by atoms with Gasteiger partial charge in [0.2, 0.25) is 0 Å². The van der Waals surface area contributed by atoms with E-state index in [0.29, 0.717) is 5.92 Å². The number of para-hydroxylation sites is 1. The van der Waals surface area contributed by atoms with Gasteiger partial charge in [0.15, 0.2) is 0 Å². The van der Waals surface area contributed by atoms with E-state index >= 15 is 0 Å². The van der Waals surface area contributed by atoms with Crippen LogP contribution in [0.2, 0.25) is 0 Å². The molecule has 4 nitrogen and oxygen atoms in total. The monoisotopic (exact) mass is 255 g/mol. The van der Waals surface area contributed by atoms with Crippen molar-refractivity contribution in [2.75, 3.05) is 20.2 Å². The van der Waals surface area contributed by atoms with Crippen LogP contribution in [0.25, 0.3) is 11.3 Å². The maximum atomic E-state index is 5.90. The summed E-state index contributed by atoms with van der Waals surface area (Å²) >= 11 is 0. The molecule has 4 heteroatoms. The van der Waals surface area contributed by atoms with E-state index in [4.69, 9.17) is 4.74 Å². The second-order valence-corrected chi connectivity index (χ2v) is 4.71. The molecule has 3 rings (SSSR count). The Balaban J connectivity index is 2.06. The van der Waals surface area contributed by atoms with Crippen LogP contribution in [0.3, 0.4) is 0 Å². The Kier molecular flexibility index (Phi) is 3.42. The molecule has 98 valence electrons. The number of aromatic nitrogens is 2. The molecule has 2 heterocycles. The van der Waals surface area contributed by atoms with Crippen LogP contribution in [-0.2, 0) is 0 Å². The van der Waals surface area contributed by atoms with Crippen LogP contribution >= 0.6 is 0 Å². The van der Waals surface area contributed by atoms with Gasteiger partial charge < -0.3 is 10.1 Å². The van der Waals surface area contributed by atoms with E-state index in [2.05, 4.69) is 33.5 Å². The van der Waals surface area contributed by atoms with E-state index in [1.54, 1.807) is 12.5 Å². The number of rotatable bonds is 3. The molecule has 1 aliphatic heterocycles. The van der Waals surface area contributed by atoms with Crippen LogP contribution in [0.15, 0.2) is 36.8 Å². The Morgan fingerprint density at radius 2 is 2.32 bits per heavy atom. The zero-order chi connectivity index (χ0) is 13.1. The largest absolute Gasteiger partial charge is 0.493 e. The molecule has 19 heavy (non-hydrogen) atoms. The predicted molar refractivity (Wildman–Crippen MR) is 74.2 cm³/mol. The number of hydrogen-bond donors (Lipinski definition) is 1. The number of fused-ring (bicyclic) bond motifs is 1. The Bertz CT molecular complexity index is 557. The summed E-state index contributed by atoms with van der Waals surface area (Å²) in [6.07, 6.45) is 4.39.